The zero-order valence-electron chi connectivity index (χ0n) is 16.0. The van der Waals surface area contributed by atoms with E-state index in [4.69, 9.17) is 4.74 Å². The molecule has 0 saturated carbocycles. The number of amides is 1. The average molecular weight is 406 g/mol. The Hall–Kier alpha value is -2.91. The number of ether oxygens (including phenoxy) is 2. The lowest BCUT2D eigenvalue weighted by Crippen LogP contribution is -2.30. The van der Waals surface area contributed by atoms with Crippen LogP contribution in [0.25, 0.3) is 0 Å². The van der Waals surface area contributed by atoms with Crippen LogP contribution >= 0.6 is 0 Å². The van der Waals surface area contributed by atoms with E-state index >= 15 is 0 Å². The van der Waals surface area contributed by atoms with Gasteiger partial charge in [-0.15, -0.1) is 0 Å². The van der Waals surface area contributed by atoms with Crippen molar-refractivity contribution in [1.29, 1.82) is 0 Å². The van der Waals surface area contributed by atoms with Crippen LogP contribution in [0.1, 0.15) is 34.6 Å². The second-order valence-electron chi connectivity index (χ2n) is 6.16. The minimum Gasteiger partial charge on any atom is -0.495 e. The smallest absolute Gasteiger partial charge is 0.337 e. The van der Waals surface area contributed by atoms with Crippen LogP contribution in [0.2, 0.25) is 0 Å². The molecule has 0 saturated heterocycles. The molecule has 0 aromatic heterocycles. The Morgan fingerprint density at radius 3 is 2.11 bits per heavy atom. The molecule has 0 spiro atoms. The first-order valence-electron chi connectivity index (χ1n) is 8.38. The molecule has 0 unspecified atom stereocenters. The van der Waals surface area contributed by atoms with Crippen LogP contribution in [-0.4, -0.2) is 40.6 Å². The fraction of sp³-hybridized carbons (Fsp3) is 0.263. The van der Waals surface area contributed by atoms with Crippen LogP contribution in [-0.2, 0) is 14.8 Å². The number of anilines is 1. The van der Waals surface area contributed by atoms with Crippen molar-refractivity contribution < 1.29 is 27.5 Å². The van der Waals surface area contributed by atoms with Gasteiger partial charge < -0.3 is 14.8 Å². The van der Waals surface area contributed by atoms with Gasteiger partial charge in [-0.25, -0.2) is 17.9 Å². The Morgan fingerprint density at radius 2 is 1.57 bits per heavy atom. The molecule has 1 amide bonds. The van der Waals surface area contributed by atoms with Gasteiger partial charge in [0.25, 0.3) is 5.91 Å². The first-order chi connectivity index (χ1) is 13.2. The maximum Gasteiger partial charge on any atom is 0.337 e. The quantitative estimate of drug-likeness (QED) is 0.683. The van der Waals surface area contributed by atoms with E-state index in [2.05, 4.69) is 14.8 Å². The van der Waals surface area contributed by atoms with E-state index in [0.717, 1.165) is 0 Å². The number of nitrogens with one attached hydrogen (secondary N) is 2. The third kappa shape index (κ3) is 5.08. The predicted octanol–water partition coefficient (Wildman–Crippen LogP) is 2.42. The fourth-order valence-electron chi connectivity index (χ4n) is 2.41. The molecule has 0 radical (unpaired) electrons. The molecular formula is C19H22N2O6S. The van der Waals surface area contributed by atoms with Crippen molar-refractivity contribution in [2.24, 2.45) is 0 Å². The summed E-state index contributed by atoms with van der Waals surface area (Å²) in [5.74, 6) is -0.859. The lowest BCUT2D eigenvalue weighted by molar-refractivity contribution is 0.0600. The van der Waals surface area contributed by atoms with E-state index in [1.165, 1.54) is 44.6 Å². The van der Waals surface area contributed by atoms with Gasteiger partial charge in [0.15, 0.2) is 0 Å². The zero-order chi connectivity index (χ0) is 20.9. The van der Waals surface area contributed by atoms with Gasteiger partial charge in [0, 0.05) is 17.3 Å². The van der Waals surface area contributed by atoms with Gasteiger partial charge >= 0.3 is 5.97 Å². The summed E-state index contributed by atoms with van der Waals surface area (Å²) in [6.45, 7) is 3.39. The van der Waals surface area contributed by atoms with Crippen molar-refractivity contribution in [2.45, 2.75) is 24.8 Å². The summed E-state index contributed by atoms with van der Waals surface area (Å²) in [5.41, 5.74) is 0.929. The normalized spacial score (nSPS) is 11.2. The van der Waals surface area contributed by atoms with Crippen molar-refractivity contribution in [1.82, 2.24) is 4.72 Å². The average Bonchev–Trinajstić information content (AvgIpc) is 2.66. The maximum atomic E-state index is 12.5. The van der Waals surface area contributed by atoms with Gasteiger partial charge in [0.05, 0.1) is 19.8 Å². The highest BCUT2D eigenvalue weighted by atomic mass is 32.2. The highest BCUT2D eigenvalue weighted by Gasteiger charge is 2.22. The Kier molecular flexibility index (Phi) is 6.76. The van der Waals surface area contributed by atoms with Gasteiger partial charge in [-0.1, -0.05) is 0 Å². The van der Waals surface area contributed by atoms with Crippen LogP contribution < -0.4 is 14.8 Å². The summed E-state index contributed by atoms with van der Waals surface area (Å²) in [6, 6.07) is 9.94. The minimum absolute atomic E-state index is 0.127. The van der Waals surface area contributed by atoms with E-state index < -0.39 is 21.9 Å². The topological polar surface area (TPSA) is 111 Å². The molecule has 150 valence electrons. The molecule has 0 aliphatic carbocycles. The molecule has 9 heteroatoms. The number of methoxy groups -OCH3 is 2. The summed E-state index contributed by atoms with van der Waals surface area (Å²) < 4.78 is 37.2. The second kappa shape index (κ2) is 8.85. The first-order valence-corrected chi connectivity index (χ1v) is 9.86. The van der Waals surface area contributed by atoms with E-state index in [1.807, 2.05) is 0 Å². The molecule has 0 fully saturated rings. The van der Waals surface area contributed by atoms with Crippen molar-refractivity contribution >= 4 is 27.6 Å². The number of benzene rings is 2. The molecule has 0 aliphatic rings. The number of carbonyl (C=O) groups excluding carboxylic acids is 2. The molecule has 0 heterocycles. The third-order valence-corrected chi connectivity index (χ3v) is 5.35. The molecule has 0 bridgehead atoms. The molecule has 2 aromatic rings. The molecule has 8 nitrogen and oxygen atoms in total. The van der Waals surface area contributed by atoms with E-state index in [0.29, 0.717) is 11.3 Å². The lowest BCUT2D eigenvalue weighted by Gasteiger charge is -2.14. The van der Waals surface area contributed by atoms with E-state index in [1.54, 1.807) is 26.0 Å². The molecule has 28 heavy (non-hydrogen) atoms. The van der Waals surface area contributed by atoms with Crippen molar-refractivity contribution in [3.8, 4) is 5.75 Å². The van der Waals surface area contributed by atoms with Crippen LogP contribution in [0.15, 0.2) is 47.4 Å². The Morgan fingerprint density at radius 1 is 0.964 bits per heavy atom. The summed E-state index contributed by atoms with van der Waals surface area (Å²) >= 11 is 0. The maximum absolute atomic E-state index is 12.5. The fourth-order valence-corrected chi connectivity index (χ4v) is 3.86. The minimum atomic E-state index is -3.86. The molecular weight excluding hydrogens is 384 g/mol. The largest absolute Gasteiger partial charge is 0.495 e. The summed E-state index contributed by atoms with van der Waals surface area (Å²) in [7, 11) is -1.22. The van der Waals surface area contributed by atoms with E-state index in [-0.39, 0.29) is 22.3 Å². The summed E-state index contributed by atoms with van der Waals surface area (Å²) in [5, 5.41) is 2.65. The lowest BCUT2D eigenvalue weighted by atomic mass is 10.1. The highest BCUT2D eigenvalue weighted by Crippen LogP contribution is 2.25. The summed E-state index contributed by atoms with van der Waals surface area (Å²) in [6.07, 6.45) is 0. The molecule has 2 N–H and O–H groups in total. The van der Waals surface area contributed by atoms with Gasteiger partial charge in [-0.3, -0.25) is 4.79 Å². The molecule has 0 aliphatic heterocycles. The van der Waals surface area contributed by atoms with Crippen molar-refractivity contribution in [2.75, 3.05) is 19.5 Å². The SMILES string of the molecule is COC(=O)c1ccc(NC(=O)c2ccc(OC)c(S(=O)(=O)NC(C)C)c2)cc1. The molecule has 2 aromatic carbocycles. The number of esters is 1. The van der Waals surface area contributed by atoms with Gasteiger partial charge in [0.1, 0.15) is 10.6 Å². The summed E-state index contributed by atoms with van der Waals surface area (Å²) in [4.78, 5) is 23.9. The van der Waals surface area contributed by atoms with Crippen LogP contribution in [0.4, 0.5) is 5.69 Å². The predicted molar refractivity (Wildman–Crippen MR) is 104 cm³/mol. The zero-order valence-corrected chi connectivity index (χ0v) is 16.8. The van der Waals surface area contributed by atoms with Crippen LogP contribution in [0, 0.1) is 0 Å². The standard InChI is InChI=1S/C19H22N2O6S/c1-12(2)21-28(24,25)17-11-14(7-10-16(17)26-3)18(22)20-15-8-5-13(6-9-15)19(23)27-4/h5-12,21H,1-4H3,(H,20,22). The van der Waals surface area contributed by atoms with Gasteiger partial charge in [-0.2, -0.15) is 0 Å². The molecule has 2 rings (SSSR count). The van der Waals surface area contributed by atoms with Gasteiger partial charge in [-0.05, 0) is 56.3 Å². The van der Waals surface area contributed by atoms with Gasteiger partial charge in [0.2, 0.25) is 10.0 Å². The Bertz CT molecular complexity index is 968. The van der Waals surface area contributed by atoms with Crippen molar-refractivity contribution in [3.63, 3.8) is 0 Å². The monoisotopic (exact) mass is 406 g/mol. The Balaban J connectivity index is 2.28. The second-order valence-corrected chi connectivity index (χ2v) is 7.85. The van der Waals surface area contributed by atoms with E-state index in [9.17, 15) is 18.0 Å². The number of rotatable bonds is 7. The number of sulfonamides is 1. The van der Waals surface area contributed by atoms with Crippen molar-refractivity contribution in [3.05, 3.63) is 53.6 Å². The van der Waals surface area contributed by atoms with Crippen LogP contribution in [0.5, 0.6) is 5.75 Å². The number of carbonyl (C=O) groups is 2. The third-order valence-electron chi connectivity index (χ3n) is 3.67. The first kappa shape index (κ1) is 21.4. The molecule has 0 atom stereocenters. The van der Waals surface area contributed by atoms with Crippen LogP contribution in [0.3, 0.4) is 0 Å². The highest BCUT2D eigenvalue weighted by molar-refractivity contribution is 7.89. The Labute approximate surface area is 163 Å². The number of hydrogen-bond acceptors (Lipinski definition) is 6. The number of hydrogen-bond donors (Lipinski definition) is 2.